The van der Waals surface area contributed by atoms with E-state index in [1.165, 1.54) is 12.1 Å². The molecule has 0 unspecified atom stereocenters. The fourth-order valence-electron chi connectivity index (χ4n) is 1.78. The van der Waals surface area contributed by atoms with Crippen molar-refractivity contribution in [1.29, 1.82) is 0 Å². The number of nitrogens with zero attached hydrogens (tertiary/aromatic N) is 1. The van der Waals surface area contributed by atoms with Crippen molar-refractivity contribution in [3.05, 3.63) is 48.5 Å². The lowest BCUT2D eigenvalue weighted by Crippen LogP contribution is -1.89. The van der Waals surface area contributed by atoms with E-state index >= 15 is 0 Å². The summed E-state index contributed by atoms with van der Waals surface area (Å²) in [6.45, 7) is 0. The van der Waals surface area contributed by atoms with Gasteiger partial charge in [0.15, 0.2) is 0 Å². The van der Waals surface area contributed by atoms with Gasteiger partial charge in [-0.2, -0.15) is 0 Å². The molecule has 3 nitrogen and oxygen atoms in total. The number of anilines is 1. The number of fused-ring (bicyclic) bond motifs is 1. The Morgan fingerprint density at radius 3 is 2.88 bits per heavy atom. The maximum atomic E-state index is 13.1. The summed E-state index contributed by atoms with van der Waals surface area (Å²) in [6, 6.07) is 7.93. The van der Waals surface area contributed by atoms with Gasteiger partial charge in [0, 0.05) is 17.1 Å². The summed E-state index contributed by atoms with van der Waals surface area (Å²) in [5.41, 5.74) is 7.74. The Hall–Kier alpha value is -2.36. The maximum absolute atomic E-state index is 13.1. The van der Waals surface area contributed by atoms with E-state index in [1.807, 2.05) is 0 Å². The number of nitrogen functional groups attached to an aromatic ring is 1. The highest BCUT2D eigenvalue weighted by Crippen LogP contribution is 2.30. The molecule has 84 valence electrons. The molecule has 2 N–H and O–H groups in total. The third-order valence-corrected chi connectivity index (χ3v) is 2.60. The van der Waals surface area contributed by atoms with Crippen LogP contribution < -0.4 is 5.73 Å². The Morgan fingerprint density at radius 2 is 2.06 bits per heavy atom. The Labute approximate surface area is 96.7 Å². The van der Waals surface area contributed by atoms with Crippen LogP contribution in [0.5, 0.6) is 0 Å². The molecule has 1 aromatic carbocycles. The van der Waals surface area contributed by atoms with Gasteiger partial charge in [-0.1, -0.05) is 0 Å². The van der Waals surface area contributed by atoms with Crippen molar-refractivity contribution < 1.29 is 8.81 Å². The molecule has 0 fully saturated rings. The Bertz CT molecular complexity index is 691. The minimum atomic E-state index is -0.285. The highest BCUT2D eigenvalue weighted by atomic mass is 19.1. The molecule has 0 aliphatic heterocycles. The Morgan fingerprint density at radius 1 is 1.18 bits per heavy atom. The largest absolute Gasteiger partial charge is 0.456 e. The van der Waals surface area contributed by atoms with Gasteiger partial charge in [-0.05, 0) is 30.3 Å². The number of hydrogen-bond donors (Lipinski definition) is 1. The van der Waals surface area contributed by atoms with E-state index in [2.05, 4.69) is 4.98 Å². The Kier molecular flexibility index (Phi) is 2.08. The second-order valence-electron chi connectivity index (χ2n) is 3.76. The van der Waals surface area contributed by atoms with Crippen LogP contribution in [0.3, 0.4) is 0 Å². The van der Waals surface area contributed by atoms with E-state index in [1.54, 1.807) is 30.6 Å². The van der Waals surface area contributed by atoms with Crippen LogP contribution in [-0.2, 0) is 0 Å². The van der Waals surface area contributed by atoms with Crippen molar-refractivity contribution in [1.82, 2.24) is 4.98 Å². The van der Waals surface area contributed by atoms with Crippen LogP contribution in [0.1, 0.15) is 0 Å². The zero-order chi connectivity index (χ0) is 11.8. The molecule has 0 bridgehead atoms. The minimum absolute atomic E-state index is 0.285. The molecule has 2 aromatic heterocycles. The predicted molar refractivity (Wildman–Crippen MR) is 63.8 cm³/mol. The predicted octanol–water partition coefficient (Wildman–Crippen LogP) is 3.22. The molecule has 3 aromatic rings. The summed E-state index contributed by atoms with van der Waals surface area (Å²) in [5, 5.41) is 0.719. The first kappa shape index (κ1) is 9.84. The zero-order valence-corrected chi connectivity index (χ0v) is 8.85. The van der Waals surface area contributed by atoms with Crippen LogP contribution in [0.25, 0.3) is 22.3 Å². The van der Waals surface area contributed by atoms with Crippen LogP contribution in [-0.4, -0.2) is 4.98 Å². The highest BCUT2D eigenvalue weighted by Gasteiger charge is 2.09. The smallest absolute Gasteiger partial charge is 0.137 e. The lowest BCUT2D eigenvalue weighted by molar-refractivity contribution is 0.619. The summed E-state index contributed by atoms with van der Waals surface area (Å²) in [6.07, 6.45) is 3.20. The molecule has 0 amide bonds. The molecular weight excluding hydrogens is 219 g/mol. The van der Waals surface area contributed by atoms with E-state index in [0.29, 0.717) is 17.0 Å². The van der Waals surface area contributed by atoms with E-state index in [0.717, 1.165) is 10.9 Å². The van der Waals surface area contributed by atoms with Crippen LogP contribution in [0.2, 0.25) is 0 Å². The average molecular weight is 228 g/mol. The van der Waals surface area contributed by atoms with Crippen molar-refractivity contribution in [2.24, 2.45) is 0 Å². The molecule has 0 atom stereocenters. The van der Waals surface area contributed by atoms with Crippen molar-refractivity contribution in [2.45, 2.75) is 0 Å². The average Bonchev–Trinajstić information content (AvgIpc) is 2.72. The van der Waals surface area contributed by atoms with E-state index in [-0.39, 0.29) is 5.82 Å². The number of benzene rings is 1. The maximum Gasteiger partial charge on any atom is 0.137 e. The summed E-state index contributed by atoms with van der Waals surface area (Å²) in [5.74, 6) is 0.332. The quantitative estimate of drug-likeness (QED) is 0.695. The minimum Gasteiger partial charge on any atom is -0.456 e. The first-order chi connectivity index (χ1) is 8.24. The molecular formula is C13H9FN2O. The SMILES string of the molecule is Nc1cnccc1-c1cc2cc(F)ccc2o1. The van der Waals surface area contributed by atoms with Gasteiger partial charge >= 0.3 is 0 Å². The monoisotopic (exact) mass is 228 g/mol. The second kappa shape index (κ2) is 3.59. The topological polar surface area (TPSA) is 52.0 Å². The van der Waals surface area contributed by atoms with Gasteiger partial charge in [-0.15, -0.1) is 0 Å². The molecule has 0 saturated heterocycles. The van der Waals surface area contributed by atoms with E-state index < -0.39 is 0 Å². The molecule has 3 rings (SSSR count). The normalized spacial score (nSPS) is 10.9. The second-order valence-corrected chi connectivity index (χ2v) is 3.76. The summed E-state index contributed by atoms with van der Waals surface area (Å²) < 4.78 is 18.7. The molecule has 0 saturated carbocycles. The molecule has 2 heterocycles. The van der Waals surface area contributed by atoms with Crippen molar-refractivity contribution in [3.8, 4) is 11.3 Å². The fourth-order valence-corrected chi connectivity index (χ4v) is 1.78. The molecule has 17 heavy (non-hydrogen) atoms. The molecule has 4 heteroatoms. The van der Waals surface area contributed by atoms with Crippen LogP contribution >= 0.6 is 0 Å². The third-order valence-electron chi connectivity index (χ3n) is 2.60. The van der Waals surface area contributed by atoms with Gasteiger partial charge in [0.25, 0.3) is 0 Å². The van der Waals surface area contributed by atoms with E-state index in [4.69, 9.17) is 10.2 Å². The molecule has 0 aliphatic rings. The number of nitrogens with two attached hydrogens (primary N) is 1. The first-order valence-electron chi connectivity index (χ1n) is 5.13. The fraction of sp³-hybridized carbons (Fsp3) is 0. The molecule has 0 radical (unpaired) electrons. The van der Waals surface area contributed by atoms with Crippen LogP contribution in [0.15, 0.2) is 47.1 Å². The standard InChI is InChI=1S/C13H9FN2O/c14-9-1-2-12-8(5-9)6-13(17-12)10-3-4-16-7-11(10)15/h1-7H,15H2. The number of halogens is 1. The molecule has 0 spiro atoms. The number of aromatic nitrogens is 1. The van der Waals surface area contributed by atoms with Gasteiger partial charge in [-0.3, -0.25) is 4.98 Å². The summed E-state index contributed by atoms with van der Waals surface area (Å²) in [7, 11) is 0. The third kappa shape index (κ3) is 1.63. The van der Waals surface area contributed by atoms with Crippen LogP contribution in [0, 0.1) is 5.82 Å². The summed E-state index contributed by atoms with van der Waals surface area (Å²) >= 11 is 0. The summed E-state index contributed by atoms with van der Waals surface area (Å²) in [4.78, 5) is 3.91. The van der Waals surface area contributed by atoms with Crippen molar-refractivity contribution >= 4 is 16.7 Å². The first-order valence-corrected chi connectivity index (χ1v) is 5.13. The number of hydrogen-bond acceptors (Lipinski definition) is 3. The highest BCUT2D eigenvalue weighted by molar-refractivity contribution is 5.85. The number of pyridine rings is 1. The lowest BCUT2D eigenvalue weighted by atomic mass is 10.1. The lowest BCUT2D eigenvalue weighted by Gasteiger charge is -1.99. The van der Waals surface area contributed by atoms with Gasteiger partial charge in [-0.25, -0.2) is 4.39 Å². The van der Waals surface area contributed by atoms with E-state index in [9.17, 15) is 4.39 Å². The Balaban J connectivity index is 2.22. The van der Waals surface area contributed by atoms with Crippen LogP contribution in [0.4, 0.5) is 10.1 Å². The number of furan rings is 1. The van der Waals surface area contributed by atoms with Gasteiger partial charge in [0.2, 0.25) is 0 Å². The van der Waals surface area contributed by atoms with Gasteiger partial charge < -0.3 is 10.2 Å². The van der Waals surface area contributed by atoms with Gasteiger partial charge in [0.1, 0.15) is 17.2 Å². The van der Waals surface area contributed by atoms with Crippen molar-refractivity contribution in [2.75, 3.05) is 5.73 Å². The van der Waals surface area contributed by atoms with Crippen molar-refractivity contribution in [3.63, 3.8) is 0 Å². The zero-order valence-electron chi connectivity index (χ0n) is 8.85. The van der Waals surface area contributed by atoms with Gasteiger partial charge in [0.05, 0.1) is 11.9 Å². The number of rotatable bonds is 1. The molecule has 0 aliphatic carbocycles.